The Morgan fingerprint density at radius 1 is 1.07 bits per heavy atom. The molecule has 0 spiro atoms. The molecule has 2 aromatic heterocycles. The smallest absolute Gasteiger partial charge is 0.270 e. The van der Waals surface area contributed by atoms with E-state index in [4.69, 9.17) is 9.84 Å². The van der Waals surface area contributed by atoms with Crippen LogP contribution in [0.15, 0.2) is 79.1 Å². The van der Waals surface area contributed by atoms with E-state index in [9.17, 15) is 4.79 Å². The maximum atomic E-state index is 13.0. The van der Waals surface area contributed by atoms with E-state index in [-0.39, 0.29) is 5.91 Å². The Hall–Kier alpha value is -3.93. The van der Waals surface area contributed by atoms with E-state index in [0.717, 1.165) is 28.1 Å². The Balaban J connectivity index is 1.69. The number of amides is 1. The molecule has 0 aliphatic rings. The standard InChI is InChI=1S/C24H22N4O2/c1-17-5-3-7-20(13-17)28-23(24(29)26-16-18-6-4-12-25-15-18)14-22(27-28)19-8-10-21(30-2)11-9-19/h3-15H,16H2,1-2H3,(H,26,29). The molecular weight excluding hydrogens is 376 g/mol. The van der Waals surface area contributed by atoms with E-state index in [2.05, 4.69) is 10.3 Å². The van der Waals surface area contributed by atoms with Crippen molar-refractivity contribution in [2.75, 3.05) is 7.11 Å². The number of carbonyl (C=O) groups is 1. The van der Waals surface area contributed by atoms with Crippen molar-refractivity contribution in [3.8, 4) is 22.7 Å². The number of methoxy groups -OCH3 is 1. The predicted molar refractivity (Wildman–Crippen MR) is 116 cm³/mol. The lowest BCUT2D eigenvalue weighted by atomic mass is 10.1. The van der Waals surface area contributed by atoms with Crippen LogP contribution in [0.3, 0.4) is 0 Å². The van der Waals surface area contributed by atoms with Crippen molar-refractivity contribution < 1.29 is 9.53 Å². The number of carbonyl (C=O) groups excluding carboxylic acids is 1. The molecule has 4 aromatic rings. The largest absolute Gasteiger partial charge is 0.497 e. The summed E-state index contributed by atoms with van der Waals surface area (Å²) in [7, 11) is 1.63. The number of rotatable bonds is 6. The second-order valence-corrected chi connectivity index (χ2v) is 6.94. The first-order valence-electron chi connectivity index (χ1n) is 9.62. The van der Waals surface area contributed by atoms with Crippen LogP contribution >= 0.6 is 0 Å². The summed E-state index contributed by atoms with van der Waals surface area (Å²) >= 11 is 0. The SMILES string of the molecule is COc1ccc(-c2cc(C(=O)NCc3cccnc3)n(-c3cccc(C)c3)n2)cc1. The molecule has 6 nitrogen and oxygen atoms in total. The van der Waals surface area contributed by atoms with Crippen molar-refractivity contribution in [3.63, 3.8) is 0 Å². The summed E-state index contributed by atoms with van der Waals surface area (Å²) in [6.07, 6.45) is 3.44. The summed E-state index contributed by atoms with van der Waals surface area (Å²) in [5.41, 5.74) is 4.95. The topological polar surface area (TPSA) is 69.0 Å². The maximum absolute atomic E-state index is 13.0. The summed E-state index contributed by atoms with van der Waals surface area (Å²) in [6.45, 7) is 2.41. The lowest BCUT2D eigenvalue weighted by Gasteiger charge is -2.09. The fourth-order valence-corrected chi connectivity index (χ4v) is 3.18. The molecule has 0 aliphatic carbocycles. The minimum Gasteiger partial charge on any atom is -0.497 e. The summed E-state index contributed by atoms with van der Waals surface area (Å²) in [4.78, 5) is 17.1. The van der Waals surface area contributed by atoms with Gasteiger partial charge in [-0.2, -0.15) is 5.10 Å². The van der Waals surface area contributed by atoms with Crippen LogP contribution in [0.5, 0.6) is 5.75 Å². The number of aromatic nitrogens is 3. The molecular formula is C24H22N4O2. The molecule has 2 aromatic carbocycles. The van der Waals surface area contributed by atoms with Crippen molar-refractivity contribution in [2.24, 2.45) is 0 Å². The third-order valence-electron chi connectivity index (χ3n) is 4.75. The number of nitrogens with zero attached hydrogens (tertiary/aromatic N) is 3. The van der Waals surface area contributed by atoms with Gasteiger partial charge in [-0.15, -0.1) is 0 Å². The highest BCUT2D eigenvalue weighted by Crippen LogP contribution is 2.24. The number of pyridine rings is 1. The number of aryl methyl sites for hydroxylation is 1. The molecule has 0 saturated heterocycles. The highest BCUT2D eigenvalue weighted by atomic mass is 16.5. The van der Waals surface area contributed by atoms with Crippen LogP contribution in [-0.4, -0.2) is 27.8 Å². The fourth-order valence-electron chi connectivity index (χ4n) is 3.18. The number of ether oxygens (including phenoxy) is 1. The molecule has 150 valence electrons. The lowest BCUT2D eigenvalue weighted by Crippen LogP contribution is -2.25. The van der Waals surface area contributed by atoms with Gasteiger partial charge in [0.1, 0.15) is 11.4 Å². The first-order chi connectivity index (χ1) is 14.6. The molecule has 0 fully saturated rings. The molecule has 1 N–H and O–H groups in total. The van der Waals surface area contributed by atoms with Gasteiger partial charge >= 0.3 is 0 Å². The third-order valence-corrected chi connectivity index (χ3v) is 4.75. The van der Waals surface area contributed by atoms with Gasteiger partial charge in [0, 0.05) is 24.5 Å². The zero-order valence-electron chi connectivity index (χ0n) is 16.9. The van der Waals surface area contributed by atoms with E-state index in [0.29, 0.717) is 17.9 Å². The van der Waals surface area contributed by atoms with Crippen molar-refractivity contribution in [1.82, 2.24) is 20.1 Å². The molecule has 1 amide bonds. The van der Waals surface area contributed by atoms with Crippen molar-refractivity contribution >= 4 is 5.91 Å². The summed E-state index contributed by atoms with van der Waals surface area (Å²) in [5.74, 6) is 0.568. The summed E-state index contributed by atoms with van der Waals surface area (Å²) < 4.78 is 6.92. The monoisotopic (exact) mass is 398 g/mol. The molecule has 0 radical (unpaired) electrons. The van der Waals surface area contributed by atoms with E-state index in [1.807, 2.05) is 73.7 Å². The van der Waals surface area contributed by atoms with E-state index < -0.39 is 0 Å². The number of hydrogen-bond acceptors (Lipinski definition) is 4. The van der Waals surface area contributed by atoms with Gasteiger partial charge < -0.3 is 10.1 Å². The second-order valence-electron chi connectivity index (χ2n) is 6.94. The Labute approximate surface area is 175 Å². The van der Waals surface area contributed by atoms with Crippen molar-refractivity contribution in [3.05, 3.63) is 95.9 Å². The van der Waals surface area contributed by atoms with Gasteiger partial charge in [0.05, 0.1) is 18.5 Å². The molecule has 30 heavy (non-hydrogen) atoms. The number of nitrogens with one attached hydrogen (secondary N) is 1. The van der Waals surface area contributed by atoms with Crippen LogP contribution in [0.1, 0.15) is 21.6 Å². The van der Waals surface area contributed by atoms with Crippen molar-refractivity contribution in [1.29, 1.82) is 0 Å². The van der Waals surface area contributed by atoms with Crippen molar-refractivity contribution in [2.45, 2.75) is 13.5 Å². The van der Waals surface area contributed by atoms with Gasteiger partial charge in [-0.25, -0.2) is 4.68 Å². The highest BCUT2D eigenvalue weighted by molar-refractivity contribution is 5.94. The zero-order chi connectivity index (χ0) is 20.9. The second kappa shape index (κ2) is 8.61. The van der Waals surface area contributed by atoms with Crippen LogP contribution in [0.4, 0.5) is 0 Å². The Kier molecular flexibility index (Phi) is 5.57. The predicted octanol–water partition coefficient (Wildman–Crippen LogP) is 4.18. The lowest BCUT2D eigenvalue weighted by molar-refractivity contribution is 0.0943. The normalized spacial score (nSPS) is 10.6. The molecule has 6 heteroatoms. The molecule has 0 saturated carbocycles. The molecule has 0 bridgehead atoms. The first-order valence-corrected chi connectivity index (χ1v) is 9.62. The number of benzene rings is 2. The van der Waals surface area contributed by atoms with Gasteiger partial charge in [-0.1, -0.05) is 18.2 Å². The maximum Gasteiger partial charge on any atom is 0.270 e. The van der Waals surface area contributed by atoms with Gasteiger partial charge in [-0.05, 0) is 66.6 Å². The average Bonchev–Trinajstić information content (AvgIpc) is 3.24. The quantitative estimate of drug-likeness (QED) is 0.529. The van der Waals surface area contributed by atoms with E-state index >= 15 is 0 Å². The summed E-state index contributed by atoms with van der Waals surface area (Å²) in [6, 6.07) is 21.1. The zero-order valence-corrected chi connectivity index (χ0v) is 16.9. The van der Waals surface area contributed by atoms with Crippen LogP contribution in [0.2, 0.25) is 0 Å². The number of hydrogen-bond donors (Lipinski definition) is 1. The molecule has 2 heterocycles. The van der Waals surface area contributed by atoms with Gasteiger partial charge in [0.2, 0.25) is 0 Å². The Morgan fingerprint density at radius 2 is 1.90 bits per heavy atom. The van der Waals surface area contributed by atoms with Gasteiger partial charge in [0.25, 0.3) is 5.91 Å². The minimum absolute atomic E-state index is 0.201. The molecule has 4 rings (SSSR count). The summed E-state index contributed by atoms with van der Waals surface area (Å²) in [5, 5.41) is 7.69. The molecule has 0 aliphatic heterocycles. The van der Waals surface area contributed by atoms with E-state index in [1.165, 1.54) is 0 Å². The van der Waals surface area contributed by atoms with Crippen LogP contribution in [-0.2, 0) is 6.54 Å². The third kappa shape index (κ3) is 4.22. The van der Waals surface area contributed by atoms with Crippen LogP contribution in [0.25, 0.3) is 16.9 Å². The van der Waals surface area contributed by atoms with Gasteiger partial charge in [-0.3, -0.25) is 9.78 Å². The molecule has 0 atom stereocenters. The minimum atomic E-state index is -0.201. The van der Waals surface area contributed by atoms with Gasteiger partial charge in [0.15, 0.2) is 0 Å². The highest BCUT2D eigenvalue weighted by Gasteiger charge is 2.18. The molecule has 0 unspecified atom stereocenters. The fraction of sp³-hybridized carbons (Fsp3) is 0.125. The first kappa shape index (κ1) is 19.4. The van der Waals surface area contributed by atoms with Crippen LogP contribution in [0, 0.1) is 6.92 Å². The van der Waals surface area contributed by atoms with E-state index in [1.54, 1.807) is 24.2 Å². The van der Waals surface area contributed by atoms with Crippen LogP contribution < -0.4 is 10.1 Å². The Bertz CT molecular complexity index is 1150. The average molecular weight is 398 g/mol. The Morgan fingerprint density at radius 3 is 2.60 bits per heavy atom.